The first-order valence-electron chi connectivity index (χ1n) is 6.02. The number of rotatable bonds is 6. The predicted molar refractivity (Wildman–Crippen MR) is 72.1 cm³/mol. The molecule has 0 spiro atoms. The maximum atomic E-state index is 12.3. The van der Waals surface area contributed by atoms with E-state index in [9.17, 15) is 8.42 Å². The highest BCUT2D eigenvalue weighted by Gasteiger charge is 2.33. The molecule has 0 saturated carbocycles. The molecule has 1 heterocycles. The third-order valence-corrected chi connectivity index (χ3v) is 5.54. The van der Waals surface area contributed by atoms with Gasteiger partial charge < -0.3 is 4.57 Å². The van der Waals surface area contributed by atoms with Gasteiger partial charge in [-0.3, -0.25) is 0 Å². The van der Waals surface area contributed by atoms with Gasteiger partial charge in [0.25, 0.3) is 10.0 Å². The van der Waals surface area contributed by atoms with Crippen molar-refractivity contribution in [2.75, 3.05) is 0 Å². The van der Waals surface area contributed by atoms with Crippen molar-refractivity contribution in [1.29, 1.82) is 0 Å². The second-order valence-corrected chi connectivity index (χ2v) is 6.35. The van der Waals surface area contributed by atoms with E-state index in [2.05, 4.69) is 9.71 Å². The molecule has 1 aromatic rings. The Morgan fingerprint density at radius 1 is 1.33 bits per heavy atom. The van der Waals surface area contributed by atoms with Crippen LogP contribution in [0.25, 0.3) is 0 Å². The highest BCUT2D eigenvalue weighted by atomic mass is 35.5. The van der Waals surface area contributed by atoms with Crippen molar-refractivity contribution < 1.29 is 8.42 Å². The maximum absolute atomic E-state index is 12.3. The second kappa shape index (κ2) is 5.59. The van der Waals surface area contributed by atoms with Crippen molar-refractivity contribution in [2.45, 2.75) is 50.6 Å². The van der Waals surface area contributed by atoms with Crippen LogP contribution in [0.4, 0.5) is 0 Å². The molecule has 0 bridgehead atoms. The van der Waals surface area contributed by atoms with Crippen LogP contribution < -0.4 is 4.72 Å². The number of nitrogens with one attached hydrogen (secondary N) is 1. The lowest BCUT2D eigenvalue weighted by molar-refractivity contribution is 0.341. The molecule has 1 rings (SSSR count). The minimum Gasteiger partial charge on any atom is -0.324 e. The molecular formula is C11H20ClN3O2S. The molecule has 0 saturated heterocycles. The van der Waals surface area contributed by atoms with E-state index in [-0.39, 0.29) is 10.2 Å². The van der Waals surface area contributed by atoms with E-state index < -0.39 is 15.6 Å². The van der Waals surface area contributed by atoms with Crippen LogP contribution in [0.2, 0.25) is 5.15 Å². The van der Waals surface area contributed by atoms with E-state index >= 15 is 0 Å². The SMILES string of the molecule is CCC(CC)(CC)NS(=O)(=O)c1ncn(C)c1Cl. The molecule has 1 N–H and O–H groups in total. The fraction of sp³-hybridized carbons (Fsp3) is 0.727. The molecule has 0 amide bonds. The van der Waals surface area contributed by atoms with Crippen molar-refractivity contribution in [3.05, 3.63) is 11.5 Å². The molecule has 0 aromatic carbocycles. The number of aryl methyl sites for hydroxylation is 1. The first-order valence-corrected chi connectivity index (χ1v) is 7.88. The Hall–Kier alpha value is -0.590. The largest absolute Gasteiger partial charge is 0.324 e. The number of nitrogens with zero attached hydrogens (tertiary/aromatic N) is 2. The van der Waals surface area contributed by atoms with Crippen LogP contribution in [0.15, 0.2) is 11.4 Å². The van der Waals surface area contributed by atoms with E-state index in [4.69, 9.17) is 11.6 Å². The summed E-state index contributed by atoms with van der Waals surface area (Å²) in [5.41, 5.74) is -0.431. The quantitative estimate of drug-likeness (QED) is 0.875. The van der Waals surface area contributed by atoms with Gasteiger partial charge in [-0.15, -0.1) is 0 Å². The van der Waals surface area contributed by atoms with Gasteiger partial charge >= 0.3 is 0 Å². The number of imidazole rings is 1. The summed E-state index contributed by atoms with van der Waals surface area (Å²) in [6.07, 6.45) is 3.57. The minimum atomic E-state index is -3.68. The first-order chi connectivity index (χ1) is 8.32. The summed E-state index contributed by atoms with van der Waals surface area (Å²) < 4.78 is 28.8. The molecule has 0 aliphatic carbocycles. The molecule has 0 radical (unpaired) electrons. The van der Waals surface area contributed by atoms with Gasteiger partial charge in [0, 0.05) is 12.6 Å². The first kappa shape index (κ1) is 15.5. The monoisotopic (exact) mass is 293 g/mol. The van der Waals surface area contributed by atoms with E-state index in [1.54, 1.807) is 7.05 Å². The Labute approximate surface area is 114 Å². The van der Waals surface area contributed by atoms with Gasteiger partial charge in [-0.05, 0) is 19.3 Å². The zero-order valence-corrected chi connectivity index (χ0v) is 12.8. The summed E-state index contributed by atoms with van der Waals surface area (Å²) in [7, 11) is -2.02. The highest BCUT2D eigenvalue weighted by molar-refractivity contribution is 7.89. The average molecular weight is 294 g/mol. The van der Waals surface area contributed by atoms with Crippen LogP contribution in [-0.4, -0.2) is 23.5 Å². The van der Waals surface area contributed by atoms with Gasteiger partial charge in [0.05, 0.1) is 6.33 Å². The lowest BCUT2D eigenvalue weighted by Crippen LogP contribution is -2.47. The van der Waals surface area contributed by atoms with Crippen LogP contribution >= 0.6 is 11.6 Å². The Bertz CT molecular complexity index is 498. The summed E-state index contributed by atoms with van der Waals surface area (Å²) in [6.45, 7) is 5.90. The van der Waals surface area contributed by atoms with Crippen molar-refractivity contribution >= 4 is 21.6 Å². The van der Waals surface area contributed by atoms with Crippen molar-refractivity contribution in [1.82, 2.24) is 14.3 Å². The molecule has 7 heteroatoms. The predicted octanol–water partition coefficient (Wildman–Crippen LogP) is 2.32. The van der Waals surface area contributed by atoms with Crippen molar-refractivity contribution in [3.8, 4) is 0 Å². The number of sulfonamides is 1. The standard InChI is InChI=1S/C11H20ClN3O2S/c1-5-11(6-2,7-3)14-18(16,17)10-9(12)15(4)8-13-10/h8,14H,5-7H2,1-4H3. The van der Waals surface area contributed by atoms with Gasteiger partial charge in [0.15, 0.2) is 0 Å². The van der Waals surface area contributed by atoms with E-state index in [1.165, 1.54) is 10.9 Å². The molecule has 5 nitrogen and oxygen atoms in total. The third kappa shape index (κ3) is 2.87. The molecule has 104 valence electrons. The summed E-state index contributed by atoms with van der Waals surface area (Å²) >= 11 is 5.93. The fourth-order valence-electron chi connectivity index (χ4n) is 1.87. The number of halogens is 1. The molecule has 1 aromatic heterocycles. The molecule has 0 atom stereocenters. The number of hydrogen-bond acceptors (Lipinski definition) is 3. The molecule has 18 heavy (non-hydrogen) atoms. The Balaban J connectivity index is 3.13. The Kier molecular flexibility index (Phi) is 4.80. The molecule has 0 unspecified atom stereocenters. The van der Waals surface area contributed by atoms with Crippen LogP contribution in [0.3, 0.4) is 0 Å². The molecule has 0 aliphatic heterocycles. The van der Waals surface area contributed by atoms with E-state index in [0.717, 1.165) is 19.3 Å². The second-order valence-electron chi connectivity index (χ2n) is 4.40. The summed E-state index contributed by atoms with van der Waals surface area (Å²) in [5, 5.41) is 0.0195. The lowest BCUT2D eigenvalue weighted by atomic mass is 9.91. The van der Waals surface area contributed by atoms with Crippen molar-refractivity contribution in [2.24, 2.45) is 7.05 Å². The average Bonchev–Trinajstić information content (AvgIpc) is 2.68. The number of hydrogen-bond donors (Lipinski definition) is 1. The number of aromatic nitrogens is 2. The molecule has 0 fully saturated rings. The maximum Gasteiger partial charge on any atom is 0.261 e. The van der Waals surface area contributed by atoms with E-state index in [1.807, 2.05) is 20.8 Å². The summed E-state index contributed by atoms with van der Waals surface area (Å²) in [5.74, 6) is 0. The van der Waals surface area contributed by atoms with Gasteiger partial charge in [0.1, 0.15) is 5.15 Å². The zero-order chi connectivity index (χ0) is 14.0. The van der Waals surface area contributed by atoms with Crippen LogP contribution in [0.5, 0.6) is 0 Å². The van der Waals surface area contributed by atoms with Gasteiger partial charge in [-0.1, -0.05) is 32.4 Å². The Morgan fingerprint density at radius 3 is 2.17 bits per heavy atom. The van der Waals surface area contributed by atoms with Crippen molar-refractivity contribution in [3.63, 3.8) is 0 Å². The summed E-state index contributed by atoms with van der Waals surface area (Å²) in [4.78, 5) is 3.85. The lowest BCUT2D eigenvalue weighted by Gasteiger charge is -2.30. The smallest absolute Gasteiger partial charge is 0.261 e. The molecule has 0 aliphatic rings. The fourth-order valence-corrected chi connectivity index (χ4v) is 3.92. The van der Waals surface area contributed by atoms with Crippen LogP contribution in [-0.2, 0) is 17.1 Å². The zero-order valence-electron chi connectivity index (χ0n) is 11.2. The third-order valence-electron chi connectivity index (χ3n) is 3.47. The Morgan fingerprint density at radius 2 is 1.83 bits per heavy atom. The minimum absolute atomic E-state index is 0.105. The highest BCUT2D eigenvalue weighted by Crippen LogP contribution is 2.25. The van der Waals surface area contributed by atoms with Gasteiger partial charge in [-0.25, -0.2) is 18.1 Å². The summed E-state index contributed by atoms with van der Waals surface area (Å²) in [6, 6.07) is 0. The topological polar surface area (TPSA) is 64.0 Å². The normalized spacial score (nSPS) is 12.9. The van der Waals surface area contributed by atoms with Crippen LogP contribution in [0, 0.1) is 0 Å². The van der Waals surface area contributed by atoms with Gasteiger partial charge in [-0.2, -0.15) is 0 Å². The van der Waals surface area contributed by atoms with E-state index in [0.29, 0.717) is 0 Å². The van der Waals surface area contributed by atoms with Gasteiger partial charge in [0.2, 0.25) is 5.03 Å². The van der Waals surface area contributed by atoms with Crippen LogP contribution in [0.1, 0.15) is 40.0 Å². The molecular weight excluding hydrogens is 274 g/mol.